The first-order valence-electron chi connectivity index (χ1n) is 7.78. The van der Waals surface area contributed by atoms with Gasteiger partial charge in [0.2, 0.25) is 0 Å². The highest BCUT2D eigenvalue weighted by molar-refractivity contribution is 6.04. The number of aryl methyl sites for hydroxylation is 1. The fraction of sp³-hybridized carbons (Fsp3) is 0.353. The maximum atomic E-state index is 12.3. The van der Waals surface area contributed by atoms with E-state index in [1.165, 1.54) is 18.3 Å². The molecule has 2 aromatic rings. The summed E-state index contributed by atoms with van der Waals surface area (Å²) in [5.74, 6) is 0.392. The largest absolute Gasteiger partial charge is 0.508 e. The third kappa shape index (κ3) is 4.20. The van der Waals surface area contributed by atoms with E-state index in [0.29, 0.717) is 30.3 Å². The highest BCUT2D eigenvalue weighted by atomic mass is 16.5. The second-order valence-electron chi connectivity index (χ2n) is 5.64. The van der Waals surface area contributed by atoms with Crippen molar-refractivity contribution < 1.29 is 19.4 Å². The first kappa shape index (κ1) is 16.2. The lowest BCUT2D eigenvalue weighted by Gasteiger charge is -2.23. The number of phenols is 1. The Kier molecular flexibility index (Phi) is 4.90. The minimum atomic E-state index is -0.388. The Morgan fingerprint density at radius 1 is 1.25 bits per heavy atom. The van der Waals surface area contributed by atoms with Gasteiger partial charge in [0, 0.05) is 24.5 Å². The van der Waals surface area contributed by atoms with E-state index in [9.17, 15) is 9.90 Å². The molecule has 1 aromatic heterocycles. The smallest absolute Gasteiger partial charge is 0.257 e. The Balaban J connectivity index is 1.72. The van der Waals surface area contributed by atoms with Gasteiger partial charge in [-0.1, -0.05) is 0 Å². The number of hydrogen-bond acceptors (Lipinski definition) is 6. The molecule has 0 saturated carbocycles. The van der Waals surface area contributed by atoms with Crippen molar-refractivity contribution in [2.24, 2.45) is 0 Å². The number of ether oxygens (including phenoxy) is 2. The van der Waals surface area contributed by atoms with Crippen LogP contribution < -0.4 is 10.1 Å². The number of aromatic hydroxyl groups is 1. The van der Waals surface area contributed by atoms with Gasteiger partial charge in [-0.2, -0.15) is 0 Å². The number of phenolic OH excluding ortho intramolecular Hbond substituents is 1. The molecule has 126 valence electrons. The Hall–Kier alpha value is -2.67. The maximum Gasteiger partial charge on any atom is 0.257 e. The molecule has 7 nitrogen and oxygen atoms in total. The minimum absolute atomic E-state index is 0.0272. The quantitative estimate of drug-likeness (QED) is 0.894. The second-order valence-corrected chi connectivity index (χ2v) is 5.64. The normalized spacial score (nSPS) is 15.0. The number of benzene rings is 1. The summed E-state index contributed by atoms with van der Waals surface area (Å²) < 4.78 is 11.1. The van der Waals surface area contributed by atoms with Gasteiger partial charge in [-0.25, -0.2) is 4.98 Å². The number of anilines is 1. The third-order valence-corrected chi connectivity index (χ3v) is 3.65. The standard InChI is InChI=1S/C17H19N3O4/c1-11-9-19-16(10-18-11)20-17(22)12-6-13(21)8-15(7-12)24-14-2-4-23-5-3-14/h6-10,14,21H,2-5H2,1H3,(H,19,20,22). The number of nitrogens with zero attached hydrogens (tertiary/aromatic N) is 2. The zero-order chi connectivity index (χ0) is 16.9. The maximum absolute atomic E-state index is 12.3. The van der Waals surface area contributed by atoms with Crippen LogP contribution in [0.15, 0.2) is 30.6 Å². The highest BCUT2D eigenvalue weighted by Crippen LogP contribution is 2.25. The summed E-state index contributed by atoms with van der Waals surface area (Å²) in [6, 6.07) is 4.48. The number of amides is 1. The van der Waals surface area contributed by atoms with Crippen molar-refractivity contribution in [1.82, 2.24) is 9.97 Å². The molecule has 3 rings (SSSR count). The van der Waals surface area contributed by atoms with E-state index in [0.717, 1.165) is 18.5 Å². The van der Waals surface area contributed by atoms with Crippen LogP contribution in [0.2, 0.25) is 0 Å². The Bertz CT molecular complexity index is 712. The Morgan fingerprint density at radius 2 is 2.04 bits per heavy atom. The van der Waals surface area contributed by atoms with E-state index in [4.69, 9.17) is 9.47 Å². The number of nitrogens with one attached hydrogen (secondary N) is 1. The number of carbonyl (C=O) groups excluding carboxylic acids is 1. The van der Waals surface area contributed by atoms with Crippen LogP contribution in [0.4, 0.5) is 5.82 Å². The van der Waals surface area contributed by atoms with Crippen LogP contribution in [-0.2, 0) is 4.74 Å². The topological polar surface area (TPSA) is 93.6 Å². The molecule has 1 amide bonds. The molecule has 0 unspecified atom stereocenters. The molecular weight excluding hydrogens is 310 g/mol. The molecule has 1 fully saturated rings. The van der Waals surface area contributed by atoms with Gasteiger partial charge in [-0.15, -0.1) is 0 Å². The number of aromatic nitrogens is 2. The van der Waals surface area contributed by atoms with Crippen molar-refractivity contribution in [1.29, 1.82) is 0 Å². The van der Waals surface area contributed by atoms with Crippen molar-refractivity contribution in [3.63, 3.8) is 0 Å². The molecule has 0 aliphatic carbocycles. The Labute approximate surface area is 139 Å². The van der Waals surface area contributed by atoms with Gasteiger partial charge < -0.3 is 19.9 Å². The molecular formula is C17H19N3O4. The summed E-state index contributed by atoms with van der Waals surface area (Å²) in [4.78, 5) is 20.5. The monoisotopic (exact) mass is 329 g/mol. The zero-order valence-electron chi connectivity index (χ0n) is 13.4. The summed E-state index contributed by atoms with van der Waals surface area (Å²) in [6.07, 6.45) is 4.65. The summed E-state index contributed by atoms with van der Waals surface area (Å²) >= 11 is 0. The Morgan fingerprint density at radius 3 is 2.75 bits per heavy atom. The van der Waals surface area contributed by atoms with Gasteiger partial charge in [0.1, 0.15) is 17.6 Å². The van der Waals surface area contributed by atoms with Gasteiger partial charge in [0.25, 0.3) is 5.91 Å². The van der Waals surface area contributed by atoms with Crippen LogP contribution in [-0.4, -0.2) is 40.3 Å². The van der Waals surface area contributed by atoms with Crippen LogP contribution in [0.3, 0.4) is 0 Å². The lowest BCUT2D eigenvalue weighted by atomic mass is 10.1. The summed E-state index contributed by atoms with van der Waals surface area (Å²) in [7, 11) is 0. The predicted octanol–water partition coefficient (Wildman–Crippen LogP) is 2.30. The molecule has 0 atom stereocenters. The molecule has 1 aliphatic rings. The number of rotatable bonds is 4. The van der Waals surface area contributed by atoms with E-state index >= 15 is 0 Å². The van der Waals surface area contributed by atoms with Gasteiger partial charge in [0.15, 0.2) is 5.82 Å². The predicted molar refractivity (Wildman–Crippen MR) is 87.3 cm³/mol. The van der Waals surface area contributed by atoms with Gasteiger partial charge in [-0.3, -0.25) is 9.78 Å². The molecule has 24 heavy (non-hydrogen) atoms. The molecule has 0 bridgehead atoms. The van der Waals surface area contributed by atoms with E-state index in [1.807, 2.05) is 6.92 Å². The van der Waals surface area contributed by atoms with Gasteiger partial charge >= 0.3 is 0 Å². The van der Waals surface area contributed by atoms with E-state index in [1.54, 1.807) is 12.3 Å². The lowest BCUT2D eigenvalue weighted by molar-refractivity contribution is 0.0254. The third-order valence-electron chi connectivity index (χ3n) is 3.65. The van der Waals surface area contributed by atoms with Crippen LogP contribution in [0, 0.1) is 6.92 Å². The van der Waals surface area contributed by atoms with Gasteiger partial charge in [0.05, 0.1) is 31.3 Å². The SMILES string of the molecule is Cc1cnc(NC(=O)c2cc(O)cc(OC3CCOCC3)c2)cn1. The molecule has 1 aromatic carbocycles. The minimum Gasteiger partial charge on any atom is -0.508 e. The fourth-order valence-electron chi connectivity index (χ4n) is 2.41. The van der Waals surface area contributed by atoms with Crippen molar-refractivity contribution in [3.05, 3.63) is 41.9 Å². The fourth-order valence-corrected chi connectivity index (χ4v) is 2.41. The average molecular weight is 329 g/mol. The molecule has 2 N–H and O–H groups in total. The van der Waals surface area contributed by atoms with E-state index < -0.39 is 0 Å². The first-order valence-corrected chi connectivity index (χ1v) is 7.78. The van der Waals surface area contributed by atoms with Gasteiger partial charge in [-0.05, 0) is 19.1 Å². The number of carbonyl (C=O) groups is 1. The van der Waals surface area contributed by atoms with Crippen LogP contribution in [0.5, 0.6) is 11.5 Å². The molecule has 1 saturated heterocycles. The lowest BCUT2D eigenvalue weighted by Crippen LogP contribution is -2.26. The van der Waals surface area contributed by atoms with Crippen molar-refractivity contribution >= 4 is 11.7 Å². The van der Waals surface area contributed by atoms with E-state index in [2.05, 4.69) is 15.3 Å². The van der Waals surface area contributed by atoms with E-state index in [-0.39, 0.29) is 17.8 Å². The highest BCUT2D eigenvalue weighted by Gasteiger charge is 2.17. The van der Waals surface area contributed by atoms with Crippen molar-refractivity contribution in [2.75, 3.05) is 18.5 Å². The molecule has 0 spiro atoms. The average Bonchev–Trinajstić information content (AvgIpc) is 2.57. The zero-order valence-corrected chi connectivity index (χ0v) is 13.4. The number of hydrogen-bond donors (Lipinski definition) is 2. The van der Waals surface area contributed by atoms with Crippen LogP contribution in [0.25, 0.3) is 0 Å². The van der Waals surface area contributed by atoms with Crippen molar-refractivity contribution in [3.8, 4) is 11.5 Å². The van der Waals surface area contributed by atoms with Crippen LogP contribution in [0.1, 0.15) is 28.9 Å². The molecule has 2 heterocycles. The summed E-state index contributed by atoms with van der Waals surface area (Å²) in [6.45, 7) is 3.12. The van der Waals surface area contributed by atoms with Crippen molar-refractivity contribution in [2.45, 2.75) is 25.9 Å². The first-order chi connectivity index (χ1) is 11.6. The summed E-state index contributed by atoms with van der Waals surface area (Å²) in [5.41, 5.74) is 1.05. The molecule has 1 aliphatic heterocycles. The van der Waals surface area contributed by atoms with Crippen LogP contribution >= 0.6 is 0 Å². The molecule has 7 heteroatoms. The molecule has 0 radical (unpaired) electrons. The summed E-state index contributed by atoms with van der Waals surface area (Å²) in [5, 5.41) is 12.5. The second kappa shape index (κ2) is 7.27.